The third-order valence-electron chi connectivity index (χ3n) is 3.36. The molecule has 0 saturated carbocycles. The van der Waals surface area contributed by atoms with Crippen molar-refractivity contribution in [2.75, 3.05) is 5.32 Å². The Morgan fingerprint density at radius 1 is 1.08 bits per heavy atom. The van der Waals surface area contributed by atoms with Gasteiger partial charge in [-0.2, -0.15) is 0 Å². The maximum atomic E-state index is 13.6. The molecular formula is C18H13ClFNO3S. The molecule has 0 bridgehead atoms. The van der Waals surface area contributed by atoms with Gasteiger partial charge in [-0.25, -0.2) is 4.39 Å². The van der Waals surface area contributed by atoms with Crippen LogP contribution in [-0.2, 0) is 16.6 Å². The number of hydrogen-bond donors (Lipinski definition) is 1. The van der Waals surface area contributed by atoms with Crippen LogP contribution in [0.25, 0.3) is 0 Å². The van der Waals surface area contributed by atoms with Crippen LogP contribution in [0.3, 0.4) is 0 Å². The number of carbonyl (C=O) groups is 1. The number of anilines is 1. The lowest BCUT2D eigenvalue weighted by molar-refractivity contribution is 0.0995. The molecule has 1 heterocycles. The summed E-state index contributed by atoms with van der Waals surface area (Å²) in [7, 11) is -1.33. The van der Waals surface area contributed by atoms with Gasteiger partial charge in [0.1, 0.15) is 11.6 Å². The van der Waals surface area contributed by atoms with Crippen LogP contribution in [0.4, 0.5) is 10.1 Å². The standard InChI is InChI=1S/C18H13ClFNO3S/c19-12-5-8-14(9-6-12)25(23)11-13-7-10-17(24-13)18(22)21-16-4-2-1-3-15(16)20/h1-10H,11H2,(H,21,22). The van der Waals surface area contributed by atoms with Crippen LogP contribution >= 0.6 is 11.6 Å². The zero-order chi connectivity index (χ0) is 17.8. The van der Waals surface area contributed by atoms with Crippen LogP contribution < -0.4 is 5.32 Å². The smallest absolute Gasteiger partial charge is 0.291 e. The number of amides is 1. The molecule has 0 aliphatic carbocycles. The van der Waals surface area contributed by atoms with Crippen LogP contribution in [0.5, 0.6) is 0 Å². The van der Waals surface area contributed by atoms with E-state index in [4.69, 9.17) is 16.0 Å². The molecule has 4 nitrogen and oxygen atoms in total. The average Bonchev–Trinajstić information content (AvgIpc) is 3.06. The number of furan rings is 1. The SMILES string of the molecule is O=C(Nc1ccccc1F)c1ccc(CS(=O)c2ccc(Cl)cc2)o1. The highest BCUT2D eigenvalue weighted by atomic mass is 35.5. The fraction of sp³-hybridized carbons (Fsp3) is 0.0556. The first-order valence-electron chi connectivity index (χ1n) is 7.31. The van der Waals surface area contributed by atoms with Gasteiger partial charge < -0.3 is 9.73 Å². The van der Waals surface area contributed by atoms with Crippen LogP contribution in [0, 0.1) is 5.82 Å². The summed E-state index contributed by atoms with van der Waals surface area (Å²) < 4.78 is 31.3. The Balaban J connectivity index is 1.67. The number of rotatable bonds is 5. The molecule has 1 aromatic heterocycles. The van der Waals surface area contributed by atoms with E-state index in [0.29, 0.717) is 15.7 Å². The number of para-hydroxylation sites is 1. The quantitative estimate of drug-likeness (QED) is 0.705. The van der Waals surface area contributed by atoms with E-state index < -0.39 is 22.5 Å². The second-order valence-electron chi connectivity index (χ2n) is 5.14. The summed E-state index contributed by atoms with van der Waals surface area (Å²) in [4.78, 5) is 12.7. The number of hydrogen-bond acceptors (Lipinski definition) is 3. The second kappa shape index (κ2) is 7.63. The van der Waals surface area contributed by atoms with Crippen LogP contribution in [0.1, 0.15) is 16.3 Å². The minimum atomic E-state index is -1.33. The van der Waals surface area contributed by atoms with Crippen molar-refractivity contribution in [2.24, 2.45) is 0 Å². The molecular weight excluding hydrogens is 365 g/mol. The van der Waals surface area contributed by atoms with Crippen LogP contribution in [0.2, 0.25) is 5.02 Å². The summed E-state index contributed by atoms with van der Waals surface area (Å²) in [6.45, 7) is 0. The average molecular weight is 378 g/mol. The minimum Gasteiger partial charge on any atom is -0.455 e. The van der Waals surface area contributed by atoms with Gasteiger partial charge in [0.2, 0.25) is 0 Å². The van der Waals surface area contributed by atoms with E-state index in [9.17, 15) is 13.4 Å². The third-order valence-corrected chi connectivity index (χ3v) is 4.95. The molecule has 0 aliphatic heterocycles. The summed E-state index contributed by atoms with van der Waals surface area (Å²) in [6.07, 6.45) is 0. The molecule has 0 fully saturated rings. The van der Waals surface area contributed by atoms with Gasteiger partial charge in [-0.15, -0.1) is 0 Å². The lowest BCUT2D eigenvalue weighted by Gasteiger charge is -2.04. The first-order valence-corrected chi connectivity index (χ1v) is 9.01. The molecule has 3 aromatic rings. The van der Waals surface area contributed by atoms with Crippen molar-refractivity contribution < 1.29 is 17.8 Å². The highest BCUT2D eigenvalue weighted by molar-refractivity contribution is 7.84. The molecule has 0 radical (unpaired) electrons. The van der Waals surface area contributed by atoms with E-state index >= 15 is 0 Å². The predicted octanol–water partition coefficient (Wildman–Crippen LogP) is 4.63. The first kappa shape index (κ1) is 17.4. The highest BCUT2D eigenvalue weighted by Gasteiger charge is 2.15. The summed E-state index contributed by atoms with van der Waals surface area (Å²) in [5.41, 5.74) is 0.0650. The van der Waals surface area contributed by atoms with Crippen LogP contribution in [-0.4, -0.2) is 10.1 Å². The normalized spacial score (nSPS) is 11.9. The van der Waals surface area contributed by atoms with Gasteiger partial charge in [0, 0.05) is 9.92 Å². The second-order valence-corrected chi connectivity index (χ2v) is 7.03. The number of halogens is 2. The lowest BCUT2D eigenvalue weighted by Crippen LogP contribution is -2.12. The van der Waals surface area contributed by atoms with Crippen molar-refractivity contribution in [1.82, 2.24) is 0 Å². The van der Waals surface area contributed by atoms with Crippen LogP contribution in [0.15, 0.2) is 70.0 Å². The van der Waals surface area contributed by atoms with Gasteiger partial charge >= 0.3 is 0 Å². The Kier molecular flexibility index (Phi) is 5.31. The van der Waals surface area contributed by atoms with E-state index in [-0.39, 0.29) is 17.2 Å². The lowest BCUT2D eigenvalue weighted by atomic mass is 10.3. The molecule has 1 amide bonds. The molecule has 0 spiro atoms. The molecule has 3 rings (SSSR count). The Morgan fingerprint density at radius 3 is 2.52 bits per heavy atom. The van der Waals surface area contributed by atoms with Crippen molar-refractivity contribution in [3.05, 3.63) is 83.0 Å². The molecule has 7 heteroatoms. The summed E-state index contributed by atoms with van der Waals surface area (Å²) in [5, 5.41) is 2.99. The molecule has 0 aliphatic rings. The van der Waals surface area contributed by atoms with Gasteiger partial charge in [0.15, 0.2) is 5.76 Å². The van der Waals surface area contributed by atoms with Gasteiger partial charge in [-0.1, -0.05) is 23.7 Å². The summed E-state index contributed by atoms with van der Waals surface area (Å²) >= 11 is 5.80. The maximum absolute atomic E-state index is 13.6. The van der Waals surface area contributed by atoms with E-state index in [1.807, 2.05) is 0 Å². The maximum Gasteiger partial charge on any atom is 0.291 e. The fourth-order valence-corrected chi connectivity index (χ4v) is 3.27. The summed E-state index contributed by atoms with van der Waals surface area (Å²) in [6, 6.07) is 15.5. The molecule has 2 aromatic carbocycles. The van der Waals surface area contributed by atoms with E-state index in [2.05, 4.69) is 5.32 Å². The predicted molar refractivity (Wildman–Crippen MR) is 94.6 cm³/mol. The first-order chi connectivity index (χ1) is 12.0. The Bertz CT molecular complexity index is 924. The molecule has 25 heavy (non-hydrogen) atoms. The van der Waals surface area contributed by atoms with Gasteiger partial charge in [-0.05, 0) is 48.5 Å². The number of nitrogens with one attached hydrogen (secondary N) is 1. The Hall–Kier alpha value is -2.44. The fourth-order valence-electron chi connectivity index (χ4n) is 2.12. The van der Waals surface area contributed by atoms with E-state index in [1.54, 1.807) is 36.4 Å². The zero-order valence-corrected chi connectivity index (χ0v) is 14.4. The third kappa shape index (κ3) is 4.35. The van der Waals surface area contributed by atoms with Gasteiger partial charge in [0.05, 0.1) is 22.2 Å². The number of carbonyl (C=O) groups excluding carboxylic acids is 1. The minimum absolute atomic E-state index is 0.0198. The van der Waals surface area contributed by atoms with Gasteiger partial charge in [-0.3, -0.25) is 9.00 Å². The molecule has 128 valence electrons. The molecule has 1 atom stereocenters. The van der Waals surface area contributed by atoms with Crippen molar-refractivity contribution in [2.45, 2.75) is 10.6 Å². The Morgan fingerprint density at radius 2 is 1.80 bits per heavy atom. The summed E-state index contributed by atoms with van der Waals surface area (Å²) in [5.74, 6) is -0.576. The number of benzene rings is 2. The van der Waals surface area contributed by atoms with Crippen molar-refractivity contribution in [1.29, 1.82) is 0 Å². The topological polar surface area (TPSA) is 59.3 Å². The zero-order valence-electron chi connectivity index (χ0n) is 12.9. The van der Waals surface area contributed by atoms with Crippen molar-refractivity contribution in [3.63, 3.8) is 0 Å². The van der Waals surface area contributed by atoms with Crippen molar-refractivity contribution >= 4 is 34.0 Å². The van der Waals surface area contributed by atoms with E-state index in [0.717, 1.165) is 0 Å². The highest BCUT2D eigenvalue weighted by Crippen LogP contribution is 2.19. The Labute approximate surface area is 151 Å². The van der Waals surface area contributed by atoms with Crippen molar-refractivity contribution in [3.8, 4) is 0 Å². The molecule has 1 N–H and O–H groups in total. The molecule has 0 saturated heterocycles. The van der Waals surface area contributed by atoms with E-state index in [1.165, 1.54) is 24.3 Å². The monoisotopic (exact) mass is 377 g/mol. The largest absolute Gasteiger partial charge is 0.455 e. The molecule has 1 unspecified atom stereocenters. The van der Waals surface area contributed by atoms with Gasteiger partial charge in [0.25, 0.3) is 5.91 Å².